The van der Waals surface area contributed by atoms with Gasteiger partial charge in [-0.15, -0.1) is 0 Å². The van der Waals surface area contributed by atoms with Gasteiger partial charge in [-0.3, -0.25) is 9.59 Å². The van der Waals surface area contributed by atoms with Gasteiger partial charge in [-0.25, -0.2) is 4.39 Å². The lowest BCUT2D eigenvalue weighted by molar-refractivity contribution is -0.139. The van der Waals surface area contributed by atoms with Crippen molar-refractivity contribution in [2.24, 2.45) is 0 Å². The highest BCUT2D eigenvalue weighted by Gasteiger charge is 2.31. The number of aromatic nitrogens is 1. The van der Waals surface area contributed by atoms with Crippen LogP contribution in [0.3, 0.4) is 0 Å². The standard InChI is InChI=1S/C33H35FN2O6/c1-20(2)31-30(33(42)35-24-12-14-25(37)15-13-24)29(21-6-4-3-5-7-21)32(22-8-10-23(34)11-9-22)36(31)17-16-26(38)18-27(39)19-28(40)41/h3-15,20,26-27,37-39H,16-19H2,1-2H3,(H,35,42)(H,40,41)/t26-,27-/m1/s1. The van der Waals surface area contributed by atoms with Crippen molar-refractivity contribution in [3.8, 4) is 28.1 Å². The maximum absolute atomic E-state index is 14.1. The molecule has 9 heteroatoms. The van der Waals surface area contributed by atoms with E-state index in [0.717, 1.165) is 5.56 Å². The molecule has 0 aliphatic carbocycles. The number of aliphatic carboxylic acids is 1. The molecule has 1 heterocycles. The molecule has 1 amide bonds. The zero-order valence-corrected chi connectivity index (χ0v) is 23.5. The number of nitrogens with zero attached hydrogens (tertiary/aromatic N) is 1. The third-order valence-corrected chi connectivity index (χ3v) is 7.02. The number of amides is 1. The van der Waals surface area contributed by atoms with Crippen molar-refractivity contribution in [1.82, 2.24) is 4.57 Å². The molecule has 0 bridgehead atoms. The summed E-state index contributed by atoms with van der Waals surface area (Å²) in [5.41, 5.74) is 4.35. The number of phenols is 1. The largest absolute Gasteiger partial charge is 0.508 e. The van der Waals surface area contributed by atoms with Gasteiger partial charge in [0.2, 0.25) is 0 Å². The first-order valence-electron chi connectivity index (χ1n) is 13.8. The second-order valence-corrected chi connectivity index (χ2v) is 10.6. The molecule has 2 atom stereocenters. The summed E-state index contributed by atoms with van der Waals surface area (Å²) in [6.07, 6.45) is -2.62. The van der Waals surface area contributed by atoms with Crippen LogP contribution in [0.25, 0.3) is 22.4 Å². The summed E-state index contributed by atoms with van der Waals surface area (Å²) in [7, 11) is 0. The zero-order chi connectivity index (χ0) is 30.4. The summed E-state index contributed by atoms with van der Waals surface area (Å²) in [6, 6.07) is 21.5. The van der Waals surface area contributed by atoms with Crippen LogP contribution in [0.4, 0.5) is 10.1 Å². The molecule has 0 unspecified atom stereocenters. The number of hydrogen-bond acceptors (Lipinski definition) is 5. The average molecular weight is 575 g/mol. The minimum absolute atomic E-state index is 0.0672. The van der Waals surface area contributed by atoms with Crippen LogP contribution in [0.1, 0.15) is 55.1 Å². The topological polar surface area (TPSA) is 132 Å². The lowest BCUT2D eigenvalue weighted by Crippen LogP contribution is -2.22. The molecule has 220 valence electrons. The number of anilines is 1. The van der Waals surface area contributed by atoms with Crippen molar-refractivity contribution in [1.29, 1.82) is 0 Å². The Kier molecular flexibility index (Phi) is 9.77. The van der Waals surface area contributed by atoms with E-state index in [1.165, 1.54) is 24.3 Å². The van der Waals surface area contributed by atoms with Crippen LogP contribution >= 0.6 is 0 Å². The van der Waals surface area contributed by atoms with Gasteiger partial charge in [0.25, 0.3) is 5.91 Å². The van der Waals surface area contributed by atoms with Gasteiger partial charge in [0.15, 0.2) is 0 Å². The summed E-state index contributed by atoms with van der Waals surface area (Å²) in [5.74, 6) is -2.02. The zero-order valence-electron chi connectivity index (χ0n) is 23.5. The smallest absolute Gasteiger partial charge is 0.305 e. The van der Waals surface area contributed by atoms with Crippen LogP contribution in [0.15, 0.2) is 78.9 Å². The number of hydrogen-bond donors (Lipinski definition) is 5. The Morgan fingerprint density at radius 3 is 2.12 bits per heavy atom. The van der Waals surface area contributed by atoms with Crippen LogP contribution in [0, 0.1) is 5.82 Å². The first kappa shape index (κ1) is 30.5. The highest BCUT2D eigenvalue weighted by Crippen LogP contribution is 2.42. The number of carbonyl (C=O) groups excluding carboxylic acids is 1. The lowest BCUT2D eigenvalue weighted by Gasteiger charge is -2.20. The average Bonchev–Trinajstić information content (AvgIpc) is 3.29. The lowest BCUT2D eigenvalue weighted by atomic mass is 9.94. The number of rotatable bonds is 12. The van der Waals surface area contributed by atoms with Gasteiger partial charge >= 0.3 is 5.97 Å². The van der Waals surface area contributed by atoms with E-state index < -0.39 is 30.4 Å². The SMILES string of the molecule is CC(C)c1c(C(=O)Nc2ccc(O)cc2)c(-c2ccccc2)c(-c2ccc(F)cc2)n1CC[C@@H](O)C[C@@H](O)CC(=O)O. The monoisotopic (exact) mass is 574 g/mol. The van der Waals surface area contributed by atoms with Crippen LogP contribution < -0.4 is 5.32 Å². The van der Waals surface area contributed by atoms with Gasteiger partial charge in [0.05, 0.1) is 29.9 Å². The molecule has 0 aliphatic rings. The third-order valence-electron chi connectivity index (χ3n) is 7.02. The number of aliphatic hydroxyl groups excluding tert-OH is 2. The summed E-state index contributed by atoms with van der Waals surface area (Å²) >= 11 is 0. The third kappa shape index (κ3) is 7.23. The first-order chi connectivity index (χ1) is 20.0. The molecular formula is C33H35FN2O6. The predicted molar refractivity (Wildman–Crippen MR) is 159 cm³/mol. The van der Waals surface area contributed by atoms with Gasteiger partial charge < -0.3 is 30.3 Å². The molecule has 42 heavy (non-hydrogen) atoms. The predicted octanol–water partition coefficient (Wildman–Crippen LogP) is 6.02. The Labute approximate surface area is 243 Å². The van der Waals surface area contributed by atoms with Crippen molar-refractivity contribution < 1.29 is 34.4 Å². The second-order valence-electron chi connectivity index (χ2n) is 10.6. The van der Waals surface area contributed by atoms with E-state index in [2.05, 4.69) is 5.32 Å². The van der Waals surface area contributed by atoms with Gasteiger partial charge in [0.1, 0.15) is 11.6 Å². The molecule has 1 aromatic heterocycles. The summed E-state index contributed by atoms with van der Waals surface area (Å²) < 4.78 is 16.0. The Hall–Kier alpha value is -4.47. The Morgan fingerprint density at radius 1 is 0.881 bits per heavy atom. The molecule has 0 radical (unpaired) electrons. The van der Waals surface area contributed by atoms with Crippen molar-refractivity contribution >= 4 is 17.6 Å². The molecule has 0 aliphatic heterocycles. The molecule has 0 saturated heterocycles. The molecule has 4 rings (SSSR count). The van der Waals surface area contributed by atoms with E-state index in [9.17, 15) is 29.3 Å². The van der Waals surface area contributed by atoms with E-state index in [0.29, 0.717) is 33.8 Å². The number of phenolic OH excluding ortho intramolecular Hbond substituents is 1. The summed E-state index contributed by atoms with van der Waals surface area (Å²) in [5, 5.41) is 42.4. The number of aromatic hydroxyl groups is 1. The molecule has 3 aromatic carbocycles. The number of halogens is 1. The second kappa shape index (κ2) is 13.5. The van der Waals surface area contributed by atoms with Gasteiger partial charge in [-0.1, -0.05) is 44.2 Å². The van der Waals surface area contributed by atoms with Crippen molar-refractivity contribution in [3.05, 3.63) is 95.9 Å². The number of aliphatic hydroxyl groups is 2. The molecule has 0 fully saturated rings. The minimum atomic E-state index is -1.20. The fraction of sp³-hybridized carbons (Fsp3) is 0.273. The quantitative estimate of drug-likeness (QED) is 0.132. The van der Waals surface area contributed by atoms with Gasteiger partial charge in [0, 0.05) is 23.5 Å². The Bertz CT molecular complexity index is 1520. The fourth-order valence-electron chi connectivity index (χ4n) is 5.23. The van der Waals surface area contributed by atoms with Crippen molar-refractivity contribution in [2.45, 2.75) is 57.8 Å². The number of carboxylic acid groups (broad SMARTS) is 1. The van der Waals surface area contributed by atoms with Crippen LogP contribution in [-0.4, -0.2) is 49.1 Å². The molecular weight excluding hydrogens is 539 g/mol. The molecule has 8 nitrogen and oxygen atoms in total. The Morgan fingerprint density at radius 2 is 1.52 bits per heavy atom. The first-order valence-corrected chi connectivity index (χ1v) is 13.8. The van der Waals surface area contributed by atoms with Crippen LogP contribution in [0.2, 0.25) is 0 Å². The highest BCUT2D eigenvalue weighted by atomic mass is 19.1. The molecule has 0 saturated carbocycles. The number of benzene rings is 3. The molecule has 0 spiro atoms. The van der Waals surface area contributed by atoms with E-state index in [4.69, 9.17) is 5.11 Å². The Balaban J connectivity index is 1.89. The number of carbonyl (C=O) groups is 2. The fourth-order valence-corrected chi connectivity index (χ4v) is 5.23. The van der Waals surface area contributed by atoms with Crippen molar-refractivity contribution in [2.75, 3.05) is 5.32 Å². The van der Waals surface area contributed by atoms with E-state index in [1.54, 1.807) is 24.3 Å². The normalized spacial score (nSPS) is 12.7. The summed E-state index contributed by atoms with van der Waals surface area (Å²) in [4.78, 5) is 25.1. The van der Waals surface area contributed by atoms with Gasteiger partial charge in [-0.2, -0.15) is 0 Å². The van der Waals surface area contributed by atoms with E-state index in [-0.39, 0.29) is 37.0 Å². The van der Waals surface area contributed by atoms with Crippen LogP contribution in [0.5, 0.6) is 5.75 Å². The highest BCUT2D eigenvalue weighted by molar-refractivity contribution is 6.12. The minimum Gasteiger partial charge on any atom is -0.508 e. The maximum Gasteiger partial charge on any atom is 0.305 e. The van der Waals surface area contributed by atoms with E-state index in [1.807, 2.05) is 48.7 Å². The maximum atomic E-state index is 14.1. The molecule has 5 N–H and O–H groups in total. The molecule has 4 aromatic rings. The number of carboxylic acids is 1. The van der Waals surface area contributed by atoms with Crippen LogP contribution in [-0.2, 0) is 11.3 Å². The summed E-state index contributed by atoms with van der Waals surface area (Å²) in [6.45, 7) is 4.16. The van der Waals surface area contributed by atoms with E-state index >= 15 is 0 Å². The van der Waals surface area contributed by atoms with Crippen molar-refractivity contribution in [3.63, 3.8) is 0 Å². The number of nitrogens with one attached hydrogen (secondary N) is 1. The van der Waals surface area contributed by atoms with Gasteiger partial charge in [-0.05, 0) is 78.4 Å².